The summed E-state index contributed by atoms with van der Waals surface area (Å²) in [6.07, 6.45) is 1.76. The predicted octanol–water partition coefficient (Wildman–Crippen LogP) is 4.65. The molecule has 3 aliphatic rings. The lowest BCUT2D eigenvalue weighted by atomic mass is 9.57. The Bertz CT molecular complexity index is 1280. The van der Waals surface area contributed by atoms with Crippen LogP contribution in [0.1, 0.15) is 54.6 Å². The molecule has 0 bridgehead atoms. The van der Waals surface area contributed by atoms with Gasteiger partial charge >= 0.3 is 6.09 Å². The number of methoxy groups -OCH3 is 1. The summed E-state index contributed by atoms with van der Waals surface area (Å²) in [5.41, 5.74) is 3.31. The van der Waals surface area contributed by atoms with Gasteiger partial charge in [0.05, 0.1) is 25.4 Å². The molecule has 1 amide bonds. The summed E-state index contributed by atoms with van der Waals surface area (Å²) in [5, 5.41) is 9.84. The maximum Gasteiger partial charge on any atom is 0.410 e. The van der Waals surface area contributed by atoms with Crippen LogP contribution < -0.4 is 4.90 Å². The van der Waals surface area contributed by atoms with Crippen molar-refractivity contribution in [2.24, 2.45) is 5.41 Å². The normalized spacial score (nSPS) is 20.8. The van der Waals surface area contributed by atoms with Crippen molar-refractivity contribution in [1.29, 1.82) is 0 Å². The van der Waals surface area contributed by atoms with Crippen LogP contribution in [0.25, 0.3) is 5.69 Å². The largest absolute Gasteiger partial charge is 0.453 e. The molecule has 4 heterocycles. The van der Waals surface area contributed by atoms with E-state index < -0.39 is 6.09 Å². The van der Waals surface area contributed by atoms with Gasteiger partial charge in [0.15, 0.2) is 5.82 Å². The number of carbonyl (C=O) groups excluding carboxylic acids is 1. The molecule has 3 aromatic rings. The lowest BCUT2D eigenvalue weighted by Crippen LogP contribution is -2.62. The van der Waals surface area contributed by atoms with Crippen molar-refractivity contribution in [3.05, 3.63) is 64.3 Å². The lowest BCUT2D eigenvalue weighted by Gasteiger charge is -2.59. The van der Waals surface area contributed by atoms with Crippen molar-refractivity contribution in [2.75, 3.05) is 25.1 Å². The van der Waals surface area contributed by atoms with Gasteiger partial charge in [-0.1, -0.05) is 17.7 Å². The number of halogens is 1. The number of aryl methyl sites for hydroxylation is 1. The van der Waals surface area contributed by atoms with Gasteiger partial charge in [-0.2, -0.15) is 0 Å². The highest BCUT2D eigenvalue weighted by Gasteiger charge is 2.54. The third-order valence-electron chi connectivity index (χ3n) is 7.56. The molecule has 1 unspecified atom stereocenters. The highest BCUT2D eigenvalue weighted by Crippen LogP contribution is 2.56. The summed E-state index contributed by atoms with van der Waals surface area (Å²) in [4.78, 5) is 21.3. The number of carbonyl (C=O) groups is 1. The fraction of sp³-hybridized carbons (Fsp3) is 0.440. The molecule has 34 heavy (non-hydrogen) atoms. The van der Waals surface area contributed by atoms with Crippen molar-refractivity contribution in [3.8, 4) is 5.69 Å². The zero-order valence-corrected chi connectivity index (χ0v) is 20.3. The predicted molar refractivity (Wildman–Crippen MR) is 128 cm³/mol. The molecule has 2 aliphatic heterocycles. The summed E-state index contributed by atoms with van der Waals surface area (Å²) in [7, 11) is 1.40. The second kappa shape index (κ2) is 7.70. The van der Waals surface area contributed by atoms with Gasteiger partial charge in [-0.25, -0.2) is 9.78 Å². The number of hydrogen-bond donors (Lipinski definition) is 0. The maximum absolute atomic E-state index is 12.5. The van der Waals surface area contributed by atoms with Crippen LogP contribution in [-0.2, 0) is 11.3 Å². The molecule has 0 radical (unpaired) electrons. The Morgan fingerprint density at radius 3 is 2.65 bits per heavy atom. The number of anilines is 1. The van der Waals surface area contributed by atoms with E-state index in [1.807, 2.05) is 38.1 Å². The maximum atomic E-state index is 12.5. The average Bonchev–Trinajstić information content (AvgIpc) is 3.14. The van der Waals surface area contributed by atoms with Crippen LogP contribution in [0, 0.1) is 12.3 Å². The van der Waals surface area contributed by atoms with Gasteiger partial charge in [0, 0.05) is 35.1 Å². The van der Waals surface area contributed by atoms with Crippen LogP contribution >= 0.6 is 11.6 Å². The number of ether oxygens (including phenoxy) is 1. The number of amides is 1. The van der Waals surface area contributed by atoms with Crippen LogP contribution in [0.15, 0.2) is 36.4 Å². The van der Waals surface area contributed by atoms with E-state index >= 15 is 0 Å². The summed E-state index contributed by atoms with van der Waals surface area (Å²) in [6, 6.07) is 11.7. The van der Waals surface area contributed by atoms with E-state index in [0.29, 0.717) is 22.9 Å². The third kappa shape index (κ3) is 3.27. The molecule has 2 fully saturated rings. The molecule has 8 nitrogen and oxygen atoms in total. The van der Waals surface area contributed by atoms with E-state index in [2.05, 4.69) is 36.8 Å². The minimum atomic E-state index is -0.390. The van der Waals surface area contributed by atoms with Crippen LogP contribution in [0.3, 0.4) is 0 Å². The van der Waals surface area contributed by atoms with Gasteiger partial charge in [-0.15, -0.1) is 10.2 Å². The first kappa shape index (κ1) is 21.4. The van der Waals surface area contributed by atoms with Crippen molar-refractivity contribution in [3.63, 3.8) is 0 Å². The highest BCUT2D eigenvalue weighted by molar-refractivity contribution is 6.30. The molecule has 176 valence electrons. The van der Waals surface area contributed by atoms with Crippen LogP contribution in [0.2, 0.25) is 5.02 Å². The van der Waals surface area contributed by atoms with E-state index in [1.165, 1.54) is 7.11 Å². The SMILES string of the molecule is COC(=O)N1Cc2cc(Cl)ccc2-n2c(C3CC4(C3)CN(c3cccc(C)n3)C4)nnc2C1C. The number of aromatic nitrogens is 4. The molecule has 1 aliphatic carbocycles. The number of benzene rings is 1. The van der Waals surface area contributed by atoms with Crippen LogP contribution in [-0.4, -0.2) is 50.9 Å². The van der Waals surface area contributed by atoms with E-state index in [4.69, 9.17) is 16.3 Å². The number of fused-ring (bicyclic) bond motifs is 3. The minimum Gasteiger partial charge on any atom is -0.453 e. The Hall–Kier alpha value is -3.13. The number of hydrogen-bond acceptors (Lipinski definition) is 6. The zero-order valence-electron chi connectivity index (χ0n) is 19.5. The number of pyridine rings is 1. The Labute approximate surface area is 203 Å². The summed E-state index contributed by atoms with van der Waals surface area (Å²) >= 11 is 6.32. The smallest absolute Gasteiger partial charge is 0.410 e. The second-order valence-corrected chi connectivity index (χ2v) is 10.3. The summed E-state index contributed by atoms with van der Waals surface area (Å²) in [6.45, 7) is 6.46. The van der Waals surface area contributed by atoms with Crippen molar-refractivity contribution < 1.29 is 9.53 Å². The Balaban J connectivity index is 1.28. The molecule has 1 aromatic carbocycles. The van der Waals surface area contributed by atoms with Gasteiger partial charge in [-0.05, 0) is 62.6 Å². The first-order valence-corrected chi connectivity index (χ1v) is 12.0. The van der Waals surface area contributed by atoms with Crippen molar-refractivity contribution >= 4 is 23.5 Å². The minimum absolute atomic E-state index is 0.277. The molecule has 6 rings (SSSR count). The first-order chi connectivity index (χ1) is 16.4. The Kier molecular flexibility index (Phi) is 4.85. The van der Waals surface area contributed by atoms with Gasteiger partial charge in [0.1, 0.15) is 11.6 Å². The molecule has 9 heteroatoms. The Morgan fingerprint density at radius 2 is 1.91 bits per heavy atom. The standard InChI is InChI=1S/C25H27ClN6O2/c1-15-5-4-6-21(27-15)30-13-25(14-30)10-18(11-25)23-29-28-22-16(2)31(24(33)34-3)12-17-9-19(26)7-8-20(17)32(22)23/h4-9,16,18H,10-14H2,1-3H3. The average molecular weight is 479 g/mol. The van der Waals surface area contributed by atoms with Crippen molar-refractivity contribution in [2.45, 2.75) is 45.2 Å². The van der Waals surface area contributed by atoms with Crippen molar-refractivity contribution in [1.82, 2.24) is 24.6 Å². The molecule has 0 N–H and O–H groups in total. The third-order valence-corrected chi connectivity index (χ3v) is 7.80. The number of rotatable bonds is 2. The fourth-order valence-corrected chi connectivity index (χ4v) is 6.04. The van der Waals surface area contributed by atoms with E-state index in [1.54, 1.807) is 4.90 Å². The zero-order chi connectivity index (χ0) is 23.6. The van der Waals surface area contributed by atoms with Crippen LogP contribution in [0.5, 0.6) is 0 Å². The lowest BCUT2D eigenvalue weighted by molar-refractivity contribution is 0.0581. The quantitative estimate of drug-likeness (QED) is 0.533. The fourth-order valence-electron chi connectivity index (χ4n) is 5.85. The molecule has 2 aromatic heterocycles. The number of nitrogens with zero attached hydrogens (tertiary/aromatic N) is 6. The molecule has 1 saturated heterocycles. The van der Waals surface area contributed by atoms with E-state index in [-0.39, 0.29) is 6.04 Å². The van der Waals surface area contributed by atoms with Gasteiger partial charge < -0.3 is 9.64 Å². The van der Waals surface area contributed by atoms with E-state index in [0.717, 1.165) is 60.3 Å². The molecule has 1 atom stereocenters. The van der Waals surface area contributed by atoms with Gasteiger partial charge in [0.2, 0.25) is 0 Å². The summed E-state index contributed by atoms with van der Waals surface area (Å²) < 4.78 is 7.20. The second-order valence-electron chi connectivity index (χ2n) is 9.90. The Morgan fingerprint density at radius 1 is 1.15 bits per heavy atom. The summed E-state index contributed by atoms with van der Waals surface area (Å²) in [5.74, 6) is 3.11. The van der Waals surface area contributed by atoms with Crippen LogP contribution in [0.4, 0.5) is 10.6 Å². The monoisotopic (exact) mass is 478 g/mol. The highest BCUT2D eigenvalue weighted by atomic mass is 35.5. The first-order valence-electron chi connectivity index (χ1n) is 11.6. The molecule has 1 spiro atoms. The van der Waals surface area contributed by atoms with E-state index in [9.17, 15) is 4.79 Å². The van der Waals surface area contributed by atoms with Gasteiger partial charge in [0.25, 0.3) is 0 Å². The topological polar surface area (TPSA) is 76.4 Å². The molecular formula is C25H27ClN6O2. The van der Waals surface area contributed by atoms with Gasteiger partial charge in [-0.3, -0.25) is 9.47 Å². The molecule has 1 saturated carbocycles. The molecular weight excluding hydrogens is 452 g/mol.